The highest BCUT2D eigenvalue weighted by Crippen LogP contribution is 2.25. The Balaban J connectivity index is 1.81. The first-order chi connectivity index (χ1) is 8.33. The summed E-state index contributed by atoms with van der Waals surface area (Å²) in [5, 5.41) is 1.19. The molecule has 0 bridgehead atoms. The summed E-state index contributed by atoms with van der Waals surface area (Å²) in [5.74, 6) is 0.631. The van der Waals surface area contributed by atoms with Crippen LogP contribution in [0.15, 0.2) is 30.3 Å². The Morgan fingerprint density at radius 3 is 2.29 bits per heavy atom. The minimum absolute atomic E-state index is 0.631. The zero-order valence-corrected chi connectivity index (χ0v) is 10.4. The highest BCUT2D eigenvalue weighted by molar-refractivity contribution is 7.10. The molecule has 0 unspecified atom stereocenters. The molecule has 0 radical (unpaired) electrons. The Morgan fingerprint density at radius 1 is 1.12 bits per heavy atom. The summed E-state index contributed by atoms with van der Waals surface area (Å²) in [6.07, 6.45) is 2.21. The fourth-order valence-electron chi connectivity index (χ4n) is 2.32. The van der Waals surface area contributed by atoms with Crippen molar-refractivity contribution >= 4 is 22.4 Å². The summed E-state index contributed by atoms with van der Waals surface area (Å²) >= 11 is 1.49. The third kappa shape index (κ3) is 2.13. The average molecular weight is 245 g/mol. The van der Waals surface area contributed by atoms with E-state index in [2.05, 4.69) is 33.5 Å². The lowest BCUT2D eigenvalue weighted by Crippen LogP contribution is -2.24. The molecule has 88 valence electrons. The number of anilines is 2. The quantitative estimate of drug-likeness (QED) is 0.838. The zero-order valence-electron chi connectivity index (χ0n) is 9.60. The number of hydrogen-bond acceptors (Lipinski definition) is 4. The first kappa shape index (κ1) is 10.6. The molecule has 3 nitrogen and oxygen atoms in total. The van der Waals surface area contributed by atoms with Crippen LogP contribution in [0.1, 0.15) is 11.1 Å². The van der Waals surface area contributed by atoms with Crippen LogP contribution in [0.2, 0.25) is 0 Å². The van der Waals surface area contributed by atoms with Crippen molar-refractivity contribution in [3.63, 3.8) is 0 Å². The van der Waals surface area contributed by atoms with E-state index in [1.165, 1.54) is 27.7 Å². The van der Waals surface area contributed by atoms with E-state index in [0.29, 0.717) is 5.82 Å². The van der Waals surface area contributed by atoms with Crippen LogP contribution in [-0.2, 0) is 12.8 Å². The molecule has 0 spiro atoms. The SMILES string of the molecule is Nc1cc(N2CCc3ccccc3CC2)sn1. The number of fused-ring (bicyclic) bond motifs is 1. The highest BCUT2D eigenvalue weighted by Gasteiger charge is 2.15. The second-order valence-electron chi connectivity index (χ2n) is 4.35. The number of hydrogen-bond donors (Lipinski definition) is 1. The molecule has 0 atom stereocenters. The standard InChI is InChI=1S/C13H15N3S/c14-12-9-13(17-15-12)16-7-5-10-3-1-2-4-11(10)6-8-16/h1-4,9H,5-8H2,(H2,14,15). The maximum atomic E-state index is 5.68. The topological polar surface area (TPSA) is 42.1 Å². The summed E-state index contributed by atoms with van der Waals surface area (Å²) in [6, 6.07) is 10.7. The lowest BCUT2D eigenvalue weighted by Gasteiger charge is -2.19. The molecule has 1 aromatic heterocycles. The van der Waals surface area contributed by atoms with Crippen LogP contribution in [-0.4, -0.2) is 17.5 Å². The molecule has 0 saturated heterocycles. The normalized spacial score (nSPS) is 15.4. The molecular weight excluding hydrogens is 230 g/mol. The number of nitrogen functional groups attached to an aromatic ring is 1. The first-order valence-corrected chi connectivity index (χ1v) is 6.64. The molecule has 17 heavy (non-hydrogen) atoms. The molecule has 2 heterocycles. The van der Waals surface area contributed by atoms with Crippen LogP contribution in [0.4, 0.5) is 10.8 Å². The number of nitrogens with zero attached hydrogens (tertiary/aromatic N) is 2. The van der Waals surface area contributed by atoms with E-state index >= 15 is 0 Å². The third-order valence-electron chi connectivity index (χ3n) is 3.25. The Morgan fingerprint density at radius 2 is 1.76 bits per heavy atom. The van der Waals surface area contributed by atoms with E-state index < -0.39 is 0 Å². The van der Waals surface area contributed by atoms with Crippen LogP contribution < -0.4 is 10.6 Å². The molecule has 2 aromatic rings. The van der Waals surface area contributed by atoms with Gasteiger partial charge in [0.05, 0.1) is 0 Å². The maximum Gasteiger partial charge on any atom is 0.139 e. The molecule has 1 aliphatic rings. The second kappa shape index (κ2) is 4.37. The van der Waals surface area contributed by atoms with Gasteiger partial charge in [-0.25, -0.2) is 0 Å². The van der Waals surface area contributed by atoms with E-state index in [1.54, 1.807) is 0 Å². The number of nitrogens with two attached hydrogens (primary N) is 1. The smallest absolute Gasteiger partial charge is 0.139 e. The number of rotatable bonds is 1. The zero-order chi connectivity index (χ0) is 11.7. The van der Waals surface area contributed by atoms with Gasteiger partial charge in [-0.05, 0) is 35.5 Å². The Kier molecular flexibility index (Phi) is 2.73. The van der Waals surface area contributed by atoms with Gasteiger partial charge in [0, 0.05) is 19.2 Å². The van der Waals surface area contributed by atoms with Gasteiger partial charge in [-0.2, -0.15) is 4.37 Å². The fourth-order valence-corrected chi connectivity index (χ4v) is 3.04. The summed E-state index contributed by atoms with van der Waals surface area (Å²) in [4.78, 5) is 2.38. The van der Waals surface area contributed by atoms with Crippen LogP contribution in [0, 0.1) is 0 Å². The van der Waals surface area contributed by atoms with E-state index in [9.17, 15) is 0 Å². The first-order valence-electron chi connectivity index (χ1n) is 5.87. The average Bonchev–Trinajstić information content (AvgIpc) is 2.66. The van der Waals surface area contributed by atoms with Gasteiger partial charge in [0.1, 0.15) is 10.8 Å². The third-order valence-corrected chi connectivity index (χ3v) is 4.11. The van der Waals surface area contributed by atoms with Crippen molar-refractivity contribution in [2.45, 2.75) is 12.8 Å². The predicted molar refractivity (Wildman–Crippen MR) is 72.6 cm³/mol. The van der Waals surface area contributed by atoms with Gasteiger partial charge >= 0.3 is 0 Å². The molecule has 0 saturated carbocycles. The monoisotopic (exact) mass is 245 g/mol. The molecule has 1 aliphatic heterocycles. The number of aromatic nitrogens is 1. The fraction of sp³-hybridized carbons (Fsp3) is 0.308. The molecule has 0 fully saturated rings. The number of benzene rings is 1. The van der Waals surface area contributed by atoms with Gasteiger partial charge in [-0.3, -0.25) is 0 Å². The summed E-state index contributed by atoms with van der Waals surface area (Å²) in [6.45, 7) is 2.11. The summed E-state index contributed by atoms with van der Waals surface area (Å²) in [7, 11) is 0. The molecule has 1 aromatic carbocycles. The van der Waals surface area contributed by atoms with E-state index in [-0.39, 0.29) is 0 Å². The van der Waals surface area contributed by atoms with Gasteiger partial charge < -0.3 is 10.6 Å². The predicted octanol–water partition coefficient (Wildman–Crippen LogP) is 2.33. The van der Waals surface area contributed by atoms with E-state index in [4.69, 9.17) is 5.73 Å². The van der Waals surface area contributed by atoms with Gasteiger partial charge in [-0.1, -0.05) is 24.3 Å². The van der Waals surface area contributed by atoms with Crippen LogP contribution >= 0.6 is 11.5 Å². The van der Waals surface area contributed by atoms with Gasteiger partial charge in [0.25, 0.3) is 0 Å². The summed E-state index contributed by atoms with van der Waals surface area (Å²) < 4.78 is 4.15. The highest BCUT2D eigenvalue weighted by atomic mass is 32.1. The van der Waals surface area contributed by atoms with Crippen molar-refractivity contribution in [3.05, 3.63) is 41.5 Å². The molecule has 0 aliphatic carbocycles. The minimum Gasteiger partial charge on any atom is -0.383 e. The molecule has 2 N–H and O–H groups in total. The maximum absolute atomic E-state index is 5.68. The van der Waals surface area contributed by atoms with Crippen molar-refractivity contribution in [2.75, 3.05) is 23.7 Å². The van der Waals surface area contributed by atoms with E-state index in [1.807, 2.05) is 6.07 Å². The largest absolute Gasteiger partial charge is 0.383 e. The van der Waals surface area contributed by atoms with Crippen LogP contribution in [0.25, 0.3) is 0 Å². The Hall–Kier alpha value is -1.55. The summed E-state index contributed by atoms with van der Waals surface area (Å²) in [5.41, 5.74) is 8.64. The minimum atomic E-state index is 0.631. The van der Waals surface area contributed by atoms with Crippen molar-refractivity contribution in [1.82, 2.24) is 4.37 Å². The van der Waals surface area contributed by atoms with Crippen LogP contribution in [0.3, 0.4) is 0 Å². The molecule has 4 heteroatoms. The molecule has 0 amide bonds. The van der Waals surface area contributed by atoms with Crippen molar-refractivity contribution in [2.24, 2.45) is 0 Å². The van der Waals surface area contributed by atoms with Crippen molar-refractivity contribution in [3.8, 4) is 0 Å². The molecule has 3 rings (SSSR count). The van der Waals surface area contributed by atoms with Gasteiger partial charge in [0.2, 0.25) is 0 Å². The lowest BCUT2D eigenvalue weighted by atomic mass is 10.0. The molecular formula is C13H15N3S. The van der Waals surface area contributed by atoms with Crippen LogP contribution in [0.5, 0.6) is 0 Å². The Labute approximate surface area is 105 Å². The Bertz CT molecular complexity index is 494. The van der Waals surface area contributed by atoms with Crippen molar-refractivity contribution < 1.29 is 0 Å². The van der Waals surface area contributed by atoms with E-state index in [0.717, 1.165) is 25.9 Å². The van der Waals surface area contributed by atoms with Gasteiger partial charge in [0.15, 0.2) is 0 Å². The van der Waals surface area contributed by atoms with Crippen molar-refractivity contribution in [1.29, 1.82) is 0 Å². The van der Waals surface area contributed by atoms with Gasteiger partial charge in [-0.15, -0.1) is 0 Å². The second-order valence-corrected chi connectivity index (χ2v) is 5.13. The lowest BCUT2D eigenvalue weighted by molar-refractivity contribution is 0.814.